The van der Waals surface area contributed by atoms with Gasteiger partial charge in [-0.2, -0.15) is 0 Å². The largest absolute Gasteiger partial charge is 0.451 e. The maximum Gasteiger partial charge on any atom is 0.357 e. The van der Waals surface area contributed by atoms with Gasteiger partial charge in [-0.25, -0.2) is 9.78 Å². The Morgan fingerprint density at radius 3 is 2.59 bits per heavy atom. The number of ether oxygens (including phenoxy) is 1. The van der Waals surface area contributed by atoms with Gasteiger partial charge in [0, 0.05) is 21.0 Å². The highest BCUT2D eigenvalue weighted by Crippen LogP contribution is 2.48. The lowest BCUT2D eigenvalue weighted by molar-refractivity contribution is -0.121. The summed E-state index contributed by atoms with van der Waals surface area (Å²) in [5.41, 5.74) is 1.56. The quantitative estimate of drug-likeness (QED) is 0.599. The Morgan fingerprint density at radius 2 is 1.78 bits per heavy atom. The maximum atomic E-state index is 12.9. The number of benzene rings is 2. The van der Waals surface area contributed by atoms with Crippen LogP contribution >= 0.6 is 23.4 Å². The van der Waals surface area contributed by atoms with Crippen LogP contribution in [0.2, 0.25) is 5.02 Å². The summed E-state index contributed by atoms with van der Waals surface area (Å²) in [7, 11) is 0. The molecule has 0 N–H and O–H groups in total. The van der Waals surface area contributed by atoms with E-state index in [2.05, 4.69) is 4.98 Å². The molecule has 1 aromatic heterocycles. The Morgan fingerprint density at radius 1 is 1.00 bits per heavy atom. The molecular formula is C20H13ClN2O3S. The molecule has 2 aromatic carbocycles. The van der Waals surface area contributed by atoms with E-state index in [-0.39, 0.29) is 11.6 Å². The number of hydrogen-bond donors (Lipinski definition) is 0. The number of hydrogen-bond acceptors (Lipinski definition) is 5. The standard InChI is InChI=1S/C20H13ClN2O3S/c21-13-8-9-18-16(11-13)23(15-6-1-2-7-17(15)27-18)19(24)12-26-20(25)14-5-3-4-10-22-14/h1-11H,12H2. The fourth-order valence-corrected chi connectivity index (χ4v) is 3.95. The van der Waals surface area contributed by atoms with E-state index in [0.717, 1.165) is 15.5 Å². The van der Waals surface area contributed by atoms with Crippen molar-refractivity contribution in [1.29, 1.82) is 0 Å². The number of carbonyl (C=O) groups excluding carboxylic acids is 2. The molecule has 0 aliphatic carbocycles. The first-order valence-electron chi connectivity index (χ1n) is 8.11. The van der Waals surface area contributed by atoms with Crippen LogP contribution in [0.4, 0.5) is 11.4 Å². The molecule has 134 valence electrons. The van der Waals surface area contributed by atoms with Crippen LogP contribution in [0.3, 0.4) is 0 Å². The van der Waals surface area contributed by atoms with E-state index in [9.17, 15) is 9.59 Å². The van der Waals surface area contributed by atoms with Gasteiger partial charge in [0.05, 0.1) is 11.4 Å². The van der Waals surface area contributed by atoms with Gasteiger partial charge in [0.2, 0.25) is 0 Å². The molecule has 1 aliphatic rings. The molecule has 0 atom stereocenters. The molecule has 27 heavy (non-hydrogen) atoms. The number of pyridine rings is 1. The van der Waals surface area contributed by atoms with Gasteiger partial charge in [0.1, 0.15) is 5.69 Å². The zero-order valence-corrected chi connectivity index (χ0v) is 15.5. The van der Waals surface area contributed by atoms with Crippen LogP contribution in [0.5, 0.6) is 0 Å². The van der Waals surface area contributed by atoms with Gasteiger partial charge in [0.25, 0.3) is 5.91 Å². The van der Waals surface area contributed by atoms with Crippen LogP contribution in [-0.4, -0.2) is 23.5 Å². The number of amides is 1. The molecule has 0 radical (unpaired) electrons. The number of aromatic nitrogens is 1. The first-order chi connectivity index (χ1) is 13.1. The Labute approximate surface area is 164 Å². The smallest absolute Gasteiger partial charge is 0.357 e. The number of anilines is 2. The topological polar surface area (TPSA) is 59.5 Å². The number of halogens is 1. The average Bonchev–Trinajstić information content (AvgIpc) is 2.70. The van der Waals surface area contributed by atoms with Crippen molar-refractivity contribution in [3.05, 3.63) is 77.6 Å². The second-order valence-corrected chi connectivity index (χ2v) is 7.22. The highest BCUT2D eigenvalue weighted by atomic mass is 35.5. The average molecular weight is 397 g/mol. The normalized spacial score (nSPS) is 12.1. The van der Waals surface area contributed by atoms with Gasteiger partial charge in [-0.15, -0.1) is 0 Å². The van der Waals surface area contributed by atoms with E-state index in [1.54, 1.807) is 40.9 Å². The second kappa shape index (κ2) is 7.42. The van der Waals surface area contributed by atoms with Crippen molar-refractivity contribution in [3.8, 4) is 0 Å². The molecule has 2 heterocycles. The number of rotatable bonds is 3. The van der Waals surface area contributed by atoms with Crippen molar-refractivity contribution in [2.45, 2.75) is 9.79 Å². The van der Waals surface area contributed by atoms with Gasteiger partial charge in [-0.3, -0.25) is 9.69 Å². The van der Waals surface area contributed by atoms with E-state index in [1.165, 1.54) is 12.3 Å². The van der Waals surface area contributed by atoms with Crippen molar-refractivity contribution >= 4 is 46.6 Å². The molecule has 0 saturated heterocycles. The molecule has 0 fully saturated rings. The van der Waals surface area contributed by atoms with Crippen molar-refractivity contribution in [1.82, 2.24) is 4.98 Å². The van der Waals surface area contributed by atoms with Crippen LogP contribution < -0.4 is 4.90 Å². The van der Waals surface area contributed by atoms with Crippen molar-refractivity contribution in [3.63, 3.8) is 0 Å². The summed E-state index contributed by atoms with van der Waals surface area (Å²) in [5, 5.41) is 0.525. The zero-order valence-electron chi connectivity index (χ0n) is 14.0. The third-order valence-corrected chi connectivity index (χ3v) is 5.30. The summed E-state index contributed by atoms with van der Waals surface area (Å²) < 4.78 is 5.17. The van der Waals surface area contributed by atoms with E-state index in [1.807, 2.05) is 30.3 Å². The molecule has 5 nitrogen and oxygen atoms in total. The molecular weight excluding hydrogens is 384 g/mol. The molecule has 7 heteroatoms. The lowest BCUT2D eigenvalue weighted by Gasteiger charge is -2.31. The molecule has 1 amide bonds. The van der Waals surface area contributed by atoms with E-state index in [0.29, 0.717) is 10.7 Å². The summed E-state index contributed by atoms with van der Waals surface area (Å²) in [6.45, 7) is -0.402. The van der Waals surface area contributed by atoms with Crippen LogP contribution in [0.15, 0.2) is 76.7 Å². The van der Waals surface area contributed by atoms with Gasteiger partial charge in [-0.05, 0) is 42.5 Å². The highest BCUT2D eigenvalue weighted by molar-refractivity contribution is 7.99. The fraction of sp³-hybridized carbons (Fsp3) is 0.0500. The minimum atomic E-state index is -0.644. The lowest BCUT2D eigenvalue weighted by atomic mass is 10.2. The number of nitrogens with zero attached hydrogens (tertiary/aromatic N) is 2. The van der Waals surface area contributed by atoms with Crippen molar-refractivity contribution in [2.75, 3.05) is 11.5 Å². The third-order valence-electron chi connectivity index (χ3n) is 3.94. The van der Waals surface area contributed by atoms with Crippen LogP contribution in [0.1, 0.15) is 10.5 Å². The Balaban J connectivity index is 1.61. The summed E-state index contributed by atoms with van der Waals surface area (Å²) in [6, 6.07) is 17.9. The van der Waals surface area contributed by atoms with Crippen molar-refractivity contribution in [2.24, 2.45) is 0 Å². The molecule has 4 rings (SSSR count). The van der Waals surface area contributed by atoms with Crippen LogP contribution in [0.25, 0.3) is 0 Å². The van der Waals surface area contributed by atoms with Gasteiger partial charge in [-0.1, -0.05) is 41.6 Å². The summed E-state index contributed by atoms with van der Waals surface area (Å²) in [4.78, 5) is 32.4. The number of para-hydroxylation sites is 1. The van der Waals surface area contributed by atoms with Gasteiger partial charge < -0.3 is 4.74 Å². The van der Waals surface area contributed by atoms with E-state index >= 15 is 0 Å². The fourth-order valence-electron chi connectivity index (χ4n) is 2.75. The predicted molar refractivity (Wildman–Crippen MR) is 104 cm³/mol. The zero-order chi connectivity index (χ0) is 18.8. The first-order valence-corrected chi connectivity index (χ1v) is 9.30. The lowest BCUT2D eigenvalue weighted by Crippen LogP contribution is -2.32. The Kier molecular flexibility index (Phi) is 4.83. The SMILES string of the molecule is O=C(OCC(=O)N1c2ccccc2Sc2ccc(Cl)cc21)c1ccccn1. The molecule has 1 aliphatic heterocycles. The maximum absolute atomic E-state index is 12.9. The molecule has 3 aromatic rings. The molecule has 0 unspecified atom stereocenters. The predicted octanol–water partition coefficient (Wildman–Crippen LogP) is 4.72. The summed E-state index contributed by atoms with van der Waals surface area (Å²) in [5.74, 6) is -1.01. The molecule has 0 saturated carbocycles. The van der Waals surface area contributed by atoms with E-state index < -0.39 is 12.6 Å². The second-order valence-electron chi connectivity index (χ2n) is 5.70. The molecule has 0 bridgehead atoms. The summed E-state index contributed by atoms with van der Waals surface area (Å²) >= 11 is 7.70. The number of carbonyl (C=O) groups is 2. The van der Waals surface area contributed by atoms with Crippen LogP contribution in [-0.2, 0) is 9.53 Å². The minimum Gasteiger partial charge on any atom is -0.451 e. The molecule has 0 spiro atoms. The first kappa shape index (κ1) is 17.6. The Bertz CT molecular complexity index is 1030. The monoisotopic (exact) mass is 396 g/mol. The highest BCUT2D eigenvalue weighted by Gasteiger charge is 2.29. The number of esters is 1. The van der Waals surface area contributed by atoms with E-state index in [4.69, 9.17) is 16.3 Å². The van der Waals surface area contributed by atoms with Gasteiger partial charge >= 0.3 is 5.97 Å². The number of fused-ring (bicyclic) bond motifs is 2. The Hall–Kier alpha value is -2.83. The summed E-state index contributed by atoms with van der Waals surface area (Å²) in [6.07, 6.45) is 1.49. The van der Waals surface area contributed by atoms with Crippen molar-refractivity contribution < 1.29 is 14.3 Å². The third kappa shape index (κ3) is 3.54. The van der Waals surface area contributed by atoms with Crippen LogP contribution in [0, 0.1) is 0 Å². The van der Waals surface area contributed by atoms with Gasteiger partial charge in [0.15, 0.2) is 6.61 Å². The minimum absolute atomic E-state index is 0.156.